The summed E-state index contributed by atoms with van der Waals surface area (Å²) in [5.41, 5.74) is 1.58. The molecule has 28 heavy (non-hydrogen) atoms. The monoisotopic (exact) mass is 379 g/mol. The molecule has 2 aliphatic carbocycles. The van der Waals surface area contributed by atoms with Crippen molar-refractivity contribution < 1.29 is 19.0 Å². The maximum atomic E-state index is 13.5. The lowest BCUT2D eigenvalue weighted by atomic mass is 9.87. The maximum absolute atomic E-state index is 13.5. The van der Waals surface area contributed by atoms with Crippen LogP contribution in [0.5, 0.6) is 17.2 Å². The second-order valence-corrected chi connectivity index (χ2v) is 7.97. The van der Waals surface area contributed by atoms with E-state index >= 15 is 0 Å². The van der Waals surface area contributed by atoms with Gasteiger partial charge in [0.05, 0.1) is 12.7 Å². The molecule has 2 fully saturated rings. The lowest BCUT2D eigenvalue weighted by molar-refractivity contribution is -0.152. The van der Waals surface area contributed by atoms with Crippen molar-refractivity contribution in [2.45, 2.75) is 37.3 Å². The third-order valence-electron chi connectivity index (χ3n) is 6.67. The minimum absolute atomic E-state index is 0.0168. The number of hydrogen-bond donors (Lipinski definition) is 1. The van der Waals surface area contributed by atoms with Crippen molar-refractivity contribution in [2.75, 3.05) is 14.2 Å². The molecule has 1 heterocycles. The maximum Gasteiger partial charge on any atom is 0.318 e. The smallest absolute Gasteiger partial charge is 0.318 e. The van der Waals surface area contributed by atoms with Gasteiger partial charge in [0.15, 0.2) is 0 Å². The molecule has 0 spiro atoms. The quantitative estimate of drug-likeness (QED) is 0.818. The van der Waals surface area contributed by atoms with Crippen molar-refractivity contribution in [3.8, 4) is 17.2 Å². The summed E-state index contributed by atoms with van der Waals surface area (Å²) in [5, 5.41) is 3.43. The minimum atomic E-state index is -0.539. The van der Waals surface area contributed by atoms with E-state index in [1.54, 1.807) is 7.11 Å². The molecule has 5 heteroatoms. The summed E-state index contributed by atoms with van der Waals surface area (Å²) in [5.74, 6) is 2.27. The third kappa shape index (κ3) is 2.60. The molecule has 5 rings (SSSR count). The number of nitrogens with one attached hydrogen (secondary N) is 1. The van der Waals surface area contributed by atoms with Crippen LogP contribution in [0.2, 0.25) is 0 Å². The molecule has 0 aromatic heterocycles. The lowest BCUT2D eigenvalue weighted by Gasteiger charge is -2.30. The number of rotatable bonds is 4. The van der Waals surface area contributed by atoms with Gasteiger partial charge in [0.25, 0.3) is 0 Å². The first-order valence-corrected chi connectivity index (χ1v) is 10.0. The Kier molecular flexibility index (Phi) is 4.27. The van der Waals surface area contributed by atoms with Crippen LogP contribution in [0, 0.1) is 11.8 Å². The third-order valence-corrected chi connectivity index (χ3v) is 6.67. The van der Waals surface area contributed by atoms with E-state index in [0.29, 0.717) is 35.1 Å². The number of hydrogen-bond acceptors (Lipinski definition) is 5. The summed E-state index contributed by atoms with van der Waals surface area (Å²) < 4.78 is 17.8. The van der Waals surface area contributed by atoms with Gasteiger partial charge in [0.1, 0.15) is 29.3 Å². The first-order chi connectivity index (χ1) is 13.7. The van der Waals surface area contributed by atoms with Crippen LogP contribution in [0.15, 0.2) is 42.5 Å². The van der Waals surface area contributed by atoms with E-state index in [1.165, 1.54) is 6.42 Å². The van der Waals surface area contributed by atoms with Crippen LogP contribution < -0.4 is 14.8 Å². The molecule has 2 aromatic rings. The fourth-order valence-electron chi connectivity index (χ4n) is 5.48. The van der Waals surface area contributed by atoms with Crippen molar-refractivity contribution in [3.05, 3.63) is 53.6 Å². The highest BCUT2D eigenvalue weighted by Crippen LogP contribution is 2.50. The molecule has 2 bridgehead atoms. The summed E-state index contributed by atoms with van der Waals surface area (Å²) in [6, 6.07) is 13.8. The molecule has 0 amide bonds. The fraction of sp³-hybridized carbons (Fsp3) is 0.435. The van der Waals surface area contributed by atoms with Crippen LogP contribution in [0.4, 0.5) is 0 Å². The second kappa shape index (κ2) is 6.82. The number of fused-ring (bicyclic) bond motifs is 4. The Morgan fingerprint density at radius 3 is 2.71 bits per heavy atom. The lowest BCUT2D eigenvalue weighted by Crippen LogP contribution is -2.34. The molecule has 2 aromatic carbocycles. The van der Waals surface area contributed by atoms with Crippen molar-refractivity contribution in [1.82, 2.24) is 5.32 Å². The van der Waals surface area contributed by atoms with Crippen LogP contribution in [0.3, 0.4) is 0 Å². The molecule has 5 atom stereocenters. The highest BCUT2D eigenvalue weighted by Gasteiger charge is 2.50. The molecule has 3 aliphatic rings. The summed E-state index contributed by atoms with van der Waals surface area (Å²) in [6.07, 6.45) is 3.28. The number of ether oxygens (including phenoxy) is 3. The molecule has 2 saturated carbocycles. The predicted octanol–water partition coefficient (Wildman–Crippen LogP) is 3.86. The average molecular weight is 379 g/mol. The number of para-hydroxylation sites is 1. The van der Waals surface area contributed by atoms with Crippen LogP contribution in [0.1, 0.15) is 36.3 Å². The number of esters is 1. The molecular weight excluding hydrogens is 354 g/mol. The van der Waals surface area contributed by atoms with E-state index in [1.807, 2.05) is 49.5 Å². The number of methoxy groups -OCH3 is 1. The Hall–Kier alpha value is -2.53. The van der Waals surface area contributed by atoms with Gasteiger partial charge in [-0.25, -0.2) is 0 Å². The van der Waals surface area contributed by atoms with E-state index in [-0.39, 0.29) is 12.1 Å². The first kappa shape index (κ1) is 17.6. The standard InChI is InChI=1S/C23H25NO4/c1-24-22-13-10-11-15(22)19(12-13)28-23(25)20-14-6-3-4-7-16(14)27-18-9-5-8-17(26-2)21(18)20/h3-9,13,15,19-20,22,24H,10-12H2,1-2H3. The van der Waals surface area contributed by atoms with Gasteiger partial charge in [-0.3, -0.25) is 4.79 Å². The van der Waals surface area contributed by atoms with Gasteiger partial charge in [-0.05, 0) is 50.4 Å². The topological polar surface area (TPSA) is 56.8 Å². The van der Waals surface area contributed by atoms with Gasteiger partial charge >= 0.3 is 5.97 Å². The summed E-state index contributed by atoms with van der Waals surface area (Å²) >= 11 is 0. The SMILES string of the molecule is CNC1C2CCC1C(OC(=O)C1c3ccccc3Oc3cccc(OC)c31)C2. The average Bonchev–Trinajstić information content (AvgIpc) is 3.28. The van der Waals surface area contributed by atoms with E-state index in [0.717, 1.165) is 24.0 Å². The van der Waals surface area contributed by atoms with Gasteiger partial charge in [-0.2, -0.15) is 0 Å². The van der Waals surface area contributed by atoms with Crippen molar-refractivity contribution in [1.29, 1.82) is 0 Å². The summed E-state index contributed by atoms with van der Waals surface area (Å²) in [7, 11) is 3.63. The molecule has 146 valence electrons. The summed E-state index contributed by atoms with van der Waals surface area (Å²) in [6.45, 7) is 0. The second-order valence-electron chi connectivity index (χ2n) is 7.97. The molecule has 5 nitrogen and oxygen atoms in total. The number of carbonyl (C=O) groups is 1. The first-order valence-electron chi connectivity index (χ1n) is 10.0. The van der Waals surface area contributed by atoms with Crippen LogP contribution >= 0.6 is 0 Å². The molecule has 1 N–H and O–H groups in total. The van der Waals surface area contributed by atoms with Gasteiger partial charge in [0.2, 0.25) is 0 Å². The zero-order chi connectivity index (χ0) is 19.3. The van der Waals surface area contributed by atoms with E-state index in [9.17, 15) is 4.79 Å². The Morgan fingerprint density at radius 2 is 1.93 bits per heavy atom. The van der Waals surface area contributed by atoms with E-state index in [2.05, 4.69) is 5.32 Å². The van der Waals surface area contributed by atoms with Crippen molar-refractivity contribution in [2.24, 2.45) is 11.8 Å². The van der Waals surface area contributed by atoms with Crippen molar-refractivity contribution >= 4 is 5.97 Å². The zero-order valence-corrected chi connectivity index (χ0v) is 16.2. The number of carbonyl (C=O) groups excluding carboxylic acids is 1. The Labute approximate surface area is 165 Å². The minimum Gasteiger partial charge on any atom is -0.496 e. The Balaban J connectivity index is 1.50. The zero-order valence-electron chi connectivity index (χ0n) is 16.2. The molecule has 1 aliphatic heterocycles. The van der Waals surface area contributed by atoms with Crippen molar-refractivity contribution in [3.63, 3.8) is 0 Å². The molecule has 0 radical (unpaired) electrons. The molecule has 5 unspecified atom stereocenters. The Bertz CT molecular complexity index is 911. The Morgan fingerprint density at radius 1 is 1.11 bits per heavy atom. The highest BCUT2D eigenvalue weighted by atomic mass is 16.5. The largest absolute Gasteiger partial charge is 0.496 e. The van der Waals surface area contributed by atoms with Gasteiger partial charge < -0.3 is 19.5 Å². The summed E-state index contributed by atoms with van der Waals surface area (Å²) in [4.78, 5) is 13.5. The van der Waals surface area contributed by atoms with E-state index in [4.69, 9.17) is 14.2 Å². The fourth-order valence-corrected chi connectivity index (χ4v) is 5.48. The predicted molar refractivity (Wildman–Crippen MR) is 105 cm³/mol. The van der Waals surface area contributed by atoms with Gasteiger partial charge in [-0.1, -0.05) is 24.3 Å². The number of benzene rings is 2. The van der Waals surface area contributed by atoms with E-state index < -0.39 is 5.92 Å². The molecule has 0 saturated heterocycles. The highest BCUT2D eigenvalue weighted by molar-refractivity contribution is 5.86. The van der Waals surface area contributed by atoms with Crippen LogP contribution in [0.25, 0.3) is 0 Å². The van der Waals surface area contributed by atoms with Crippen LogP contribution in [-0.2, 0) is 9.53 Å². The van der Waals surface area contributed by atoms with Gasteiger partial charge in [-0.15, -0.1) is 0 Å². The normalized spacial score (nSPS) is 29.6. The van der Waals surface area contributed by atoms with Gasteiger partial charge in [0, 0.05) is 17.5 Å². The van der Waals surface area contributed by atoms with Crippen LogP contribution in [-0.4, -0.2) is 32.3 Å². The molecular formula is C23H25NO4.